The number of guanidine groups is 1. The highest BCUT2D eigenvalue weighted by Gasteiger charge is 2.28. The van der Waals surface area contributed by atoms with Crippen molar-refractivity contribution in [2.45, 2.75) is 26.2 Å². The molecule has 0 unspecified atom stereocenters. The topological polar surface area (TPSA) is 61.4 Å². The molecule has 0 bridgehead atoms. The Morgan fingerprint density at radius 3 is 2.47 bits per heavy atom. The molecule has 1 aromatic heterocycles. The van der Waals surface area contributed by atoms with Crippen molar-refractivity contribution in [3.05, 3.63) is 65.9 Å². The summed E-state index contributed by atoms with van der Waals surface area (Å²) in [5, 5.41) is 7.61. The van der Waals surface area contributed by atoms with Crippen LogP contribution in [0.15, 0.2) is 59.6 Å². The second-order valence-corrected chi connectivity index (χ2v) is 6.48. The maximum atomic E-state index is 12.2. The molecule has 0 aliphatic rings. The first-order chi connectivity index (χ1) is 13.9. The Bertz CT molecular complexity index is 922. The van der Waals surface area contributed by atoms with Gasteiger partial charge in [-0.15, -0.1) is 24.0 Å². The van der Waals surface area contributed by atoms with Gasteiger partial charge in [0.25, 0.3) is 0 Å². The number of nitrogens with one attached hydrogen (secondary N) is 3. The van der Waals surface area contributed by atoms with E-state index in [1.807, 2.05) is 25.1 Å². The second kappa shape index (κ2) is 11.1. The predicted octanol–water partition coefficient (Wildman–Crippen LogP) is 4.98. The fraction of sp³-hybridized carbons (Fsp3) is 0.286. The third-order valence-corrected chi connectivity index (χ3v) is 4.12. The van der Waals surface area contributed by atoms with E-state index in [0.29, 0.717) is 25.6 Å². The van der Waals surface area contributed by atoms with E-state index >= 15 is 0 Å². The summed E-state index contributed by atoms with van der Waals surface area (Å²) in [6.07, 6.45) is -4.35. The molecule has 0 saturated carbocycles. The Labute approximate surface area is 190 Å². The summed E-state index contributed by atoms with van der Waals surface area (Å²) >= 11 is 0. The normalized spacial score (nSPS) is 11.8. The van der Waals surface area contributed by atoms with Crippen LogP contribution >= 0.6 is 24.0 Å². The van der Waals surface area contributed by atoms with Crippen LogP contribution in [0.25, 0.3) is 10.9 Å². The van der Waals surface area contributed by atoms with Crippen molar-refractivity contribution in [1.29, 1.82) is 0 Å². The summed E-state index contributed by atoms with van der Waals surface area (Å²) in [4.78, 5) is 7.88. The number of nitrogens with zero attached hydrogens (tertiary/aromatic N) is 1. The lowest BCUT2D eigenvalue weighted by Crippen LogP contribution is -2.36. The Hall–Kier alpha value is -2.43. The smallest absolute Gasteiger partial charge is 0.422 e. The number of aliphatic imine (C=N–C) groups is 1. The molecule has 5 nitrogen and oxygen atoms in total. The number of fused-ring (bicyclic) bond motifs is 1. The van der Waals surface area contributed by atoms with E-state index in [-0.39, 0.29) is 29.7 Å². The molecule has 0 saturated heterocycles. The van der Waals surface area contributed by atoms with Crippen LogP contribution in [-0.2, 0) is 13.1 Å². The molecule has 0 aliphatic heterocycles. The number of aromatic nitrogens is 1. The first kappa shape index (κ1) is 23.8. The summed E-state index contributed by atoms with van der Waals surface area (Å²) in [6, 6.07) is 16.6. The molecule has 2 aromatic carbocycles. The molecule has 0 spiro atoms. The molecular formula is C21H24F3IN4O. The highest BCUT2D eigenvalue weighted by atomic mass is 127. The fourth-order valence-electron chi connectivity index (χ4n) is 2.78. The van der Waals surface area contributed by atoms with Crippen molar-refractivity contribution in [2.75, 3.05) is 13.2 Å². The van der Waals surface area contributed by atoms with Crippen molar-refractivity contribution >= 4 is 40.8 Å². The molecule has 9 heteroatoms. The van der Waals surface area contributed by atoms with Gasteiger partial charge >= 0.3 is 6.18 Å². The van der Waals surface area contributed by atoms with Crippen LogP contribution in [0.4, 0.5) is 13.2 Å². The van der Waals surface area contributed by atoms with Crippen LogP contribution in [0.3, 0.4) is 0 Å². The predicted molar refractivity (Wildman–Crippen MR) is 123 cm³/mol. The maximum absolute atomic E-state index is 12.2. The van der Waals surface area contributed by atoms with Gasteiger partial charge in [-0.1, -0.05) is 30.3 Å². The molecule has 1 heterocycles. The number of hydrogen-bond donors (Lipinski definition) is 3. The number of alkyl halides is 3. The van der Waals surface area contributed by atoms with Crippen molar-refractivity contribution in [1.82, 2.24) is 15.6 Å². The van der Waals surface area contributed by atoms with Crippen LogP contribution in [0, 0.1) is 0 Å². The Kier molecular flexibility index (Phi) is 8.82. The van der Waals surface area contributed by atoms with Crippen LogP contribution in [0.5, 0.6) is 5.75 Å². The lowest BCUT2D eigenvalue weighted by molar-refractivity contribution is -0.153. The average Bonchev–Trinajstić information content (AvgIpc) is 3.12. The van der Waals surface area contributed by atoms with Crippen LogP contribution in [-0.4, -0.2) is 30.3 Å². The van der Waals surface area contributed by atoms with Crippen molar-refractivity contribution in [3.8, 4) is 5.75 Å². The molecule has 162 valence electrons. The van der Waals surface area contributed by atoms with Crippen LogP contribution < -0.4 is 15.4 Å². The van der Waals surface area contributed by atoms with Gasteiger partial charge in [-0.05, 0) is 42.1 Å². The monoisotopic (exact) mass is 532 g/mol. The lowest BCUT2D eigenvalue weighted by atomic mass is 10.2. The standard InChI is InChI=1S/C21H23F3N4O.HI/c1-2-25-20(27-13-17-11-16-5-3-4-6-19(16)28-17)26-12-15-7-9-18(10-8-15)29-14-21(22,23)24;/h3-11,28H,2,12-14H2,1H3,(H2,25,26,27);1H. The summed E-state index contributed by atoms with van der Waals surface area (Å²) < 4.78 is 41.3. The molecular weight excluding hydrogens is 508 g/mol. The fourth-order valence-corrected chi connectivity index (χ4v) is 2.78. The number of rotatable bonds is 7. The van der Waals surface area contributed by atoms with Gasteiger partial charge in [-0.3, -0.25) is 0 Å². The molecule has 0 radical (unpaired) electrons. The van der Waals surface area contributed by atoms with Crippen molar-refractivity contribution in [3.63, 3.8) is 0 Å². The highest BCUT2D eigenvalue weighted by molar-refractivity contribution is 14.0. The van der Waals surface area contributed by atoms with Gasteiger partial charge < -0.3 is 20.4 Å². The number of ether oxygens (including phenoxy) is 1. The third kappa shape index (κ3) is 7.43. The lowest BCUT2D eigenvalue weighted by Gasteiger charge is -2.11. The van der Waals surface area contributed by atoms with Crippen LogP contribution in [0.1, 0.15) is 18.2 Å². The van der Waals surface area contributed by atoms with E-state index < -0.39 is 12.8 Å². The molecule has 30 heavy (non-hydrogen) atoms. The minimum Gasteiger partial charge on any atom is -0.484 e. The van der Waals surface area contributed by atoms with E-state index in [0.717, 1.165) is 22.2 Å². The molecule has 0 atom stereocenters. The van der Waals surface area contributed by atoms with Crippen molar-refractivity contribution in [2.24, 2.45) is 4.99 Å². The Morgan fingerprint density at radius 2 is 1.80 bits per heavy atom. The quantitative estimate of drug-likeness (QED) is 0.229. The number of benzene rings is 2. The first-order valence-electron chi connectivity index (χ1n) is 9.30. The molecule has 0 aliphatic carbocycles. The molecule has 3 N–H and O–H groups in total. The molecule has 3 aromatic rings. The number of halogens is 4. The maximum Gasteiger partial charge on any atom is 0.422 e. The molecule has 0 fully saturated rings. The van der Waals surface area contributed by atoms with Gasteiger partial charge in [0, 0.05) is 17.8 Å². The highest BCUT2D eigenvalue weighted by Crippen LogP contribution is 2.19. The summed E-state index contributed by atoms with van der Waals surface area (Å²) in [5.74, 6) is 0.836. The molecule has 0 amide bonds. The number of para-hydroxylation sites is 1. The van der Waals surface area contributed by atoms with Gasteiger partial charge in [0.15, 0.2) is 12.6 Å². The van der Waals surface area contributed by atoms with E-state index in [9.17, 15) is 13.2 Å². The minimum absolute atomic E-state index is 0. The van der Waals surface area contributed by atoms with Crippen LogP contribution in [0.2, 0.25) is 0 Å². The van der Waals surface area contributed by atoms with E-state index in [1.165, 1.54) is 12.1 Å². The van der Waals surface area contributed by atoms with Gasteiger partial charge in [0.2, 0.25) is 0 Å². The Morgan fingerprint density at radius 1 is 1.07 bits per heavy atom. The summed E-state index contributed by atoms with van der Waals surface area (Å²) in [5.41, 5.74) is 2.99. The SMILES string of the molecule is CCNC(=NCc1ccc(OCC(F)(F)F)cc1)NCc1cc2ccccc2[nH]1.I. The van der Waals surface area contributed by atoms with E-state index in [1.54, 1.807) is 12.1 Å². The zero-order valence-corrected chi connectivity index (χ0v) is 18.8. The zero-order valence-electron chi connectivity index (χ0n) is 16.4. The second-order valence-electron chi connectivity index (χ2n) is 6.48. The summed E-state index contributed by atoms with van der Waals surface area (Å²) in [7, 11) is 0. The van der Waals surface area contributed by atoms with Crippen molar-refractivity contribution < 1.29 is 17.9 Å². The third-order valence-electron chi connectivity index (χ3n) is 4.12. The van der Waals surface area contributed by atoms with E-state index in [4.69, 9.17) is 4.74 Å². The average molecular weight is 532 g/mol. The Balaban J connectivity index is 0.00000320. The molecule has 3 rings (SSSR count). The number of H-pyrrole nitrogens is 1. The minimum atomic E-state index is -4.35. The van der Waals surface area contributed by atoms with Gasteiger partial charge in [0.05, 0.1) is 13.1 Å². The number of hydrogen-bond acceptors (Lipinski definition) is 2. The summed E-state index contributed by atoms with van der Waals surface area (Å²) in [6.45, 7) is 2.37. The van der Waals surface area contributed by atoms with E-state index in [2.05, 4.69) is 32.7 Å². The number of aromatic amines is 1. The van der Waals surface area contributed by atoms with Gasteiger partial charge in [0.1, 0.15) is 5.75 Å². The van der Waals surface area contributed by atoms with Gasteiger partial charge in [-0.25, -0.2) is 4.99 Å². The largest absolute Gasteiger partial charge is 0.484 e. The zero-order chi connectivity index (χ0) is 20.7. The first-order valence-corrected chi connectivity index (χ1v) is 9.30. The van der Waals surface area contributed by atoms with Gasteiger partial charge in [-0.2, -0.15) is 13.2 Å².